The van der Waals surface area contributed by atoms with E-state index >= 15 is 0 Å². The van der Waals surface area contributed by atoms with Crippen molar-refractivity contribution in [1.29, 1.82) is 0 Å². The number of ether oxygens (including phenoxy) is 1. The molecule has 5 nitrogen and oxygen atoms in total. The van der Waals surface area contributed by atoms with Crippen LogP contribution in [-0.4, -0.2) is 35.3 Å². The topological polar surface area (TPSA) is 61.8 Å². The largest absolute Gasteiger partial charge is 0.508 e. The van der Waals surface area contributed by atoms with Crippen LogP contribution in [0.1, 0.15) is 35.6 Å². The number of nitrogens with one attached hydrogen (secondary N) is 1. The molecule has 142 valence electrons. The molecule has 2 aromatic rings. The molecule has 2 atom stereocenters. The summed E-state index contributed by atoms with van der Waals surface area (Å²) in [5, 5.41) is 12.8. The first-order chi connectivity index (χ1) is 13.1. The van der Waals surface area contributed by atoms with Crippen LogP contribution in [0.2, 0.25) is 0 Å². The van der Waals surface area contributed by atoms with E-state index in [1.165, 1.54) is 12.1 Å². The van der Waals surface area contributed by atoms with Gasteiger partial charge in [0.15, 0.2) is 0 Å². The lowest BCUT2D eigenvalue weighted by atomic mass is 9.98. The Kier molecular flexibility index (Phi) is 4.99. The molecular formula is C21H23FN2O3. The van der Waals surface area contributed by atoms with Crippen LogP contribution < -0.4 is 5.32 Å². The molecular weight excluding hydrogens is 347 g/mol. The number of phenolic OH excluding ortho intramolecular Hbond substituents is 1. The van der Waals surface area contributed by atoms with E-state index in [1.54, 1.807) is 29.2 Å². The third-order valence-corrected chi connectivity index (χ3v) is 5.33. The van der Waals surface area contributed by atoms with E-state index in [4.69, 9.17) is 4.74 Å². The van der Waals surface area contributed by atoms with E-state index < -0.39 is 0 Å². The number of fused-ring (bicyclic) bond motifs is 1. The molecule has 27 heavy (non-hydrogen) atoms. The van der Waals surface area contributed by atoms with Crippen molar-refractivity contribution in [3.63, 3.8) is 0 Å². The van der Waals surface area contributed by atoms with E-state index in [0.29, 0.717) is 19.7 Å². The number of urea groups is 1. The summed E-state index contributed by atoms with van der Waals surface area (Å²) in [6, 6.07) is 11.0. The zero-order valence-corrected chi connectivity index (χ0v) is 15.0. The molecule has 2 heterocycles. The highest BCUT2D eigenvalue weighted by molar-refractivity contribution is 5.75. The van der Waals surface area contributed by atoms with Gasteiger partial charge in [0.1, 0.15) is 11.6 Å². The van der Waals surface area contributed by atoms with Gasteiger partial charge < -0.3 is 20.1 Å². The second kappa shape index (κ2) is 7.56. The summed E-state index contributed by atoms with van der Waals surface area (Å²) in [6.07, 6.45) is 2.46. The number of rotatable bonds is 3. The van der Waals surface area contributed by atoms with Crippen LogP contribution in [0.25, 0.3) is 0 Å². The summed E-state index contributed by atoms with van der Waals surface area (Å²) >= 11 is 0. The predicted octanol–water partition coefficient (Wildman–Crippen LogP) is 3.52. The van der Waals surface area contributed by atoms with Crippen molar-refractivity contribution in [3.05, 3.63) is 65.0 Å². The summed E-state index contributed by atoms with van der Waals surface area (Å²) in [7, 11) is 0. The van der Waals surface area contributed by atoms with Gasteiger partial charge in [0, 0.05) is 19.7 Å². The first-order valence-corrected chi connectivity index (χ1v) is 9.33. The van der Waals surface area contributed by atoms with E-state index in [9.17, 15) is 14.3 Å². The Labute approximate surface area is 157 Å². The normalized spacial score (nSPS) is 20.2. The quantitative estimate of drug-likeness (QED) is 0.869. The lowest BCUT2D eigenvalue weighted by molar-refractivity contribution is 0.0775. The predicted molar refractivity (Wildman–Crippen MR) is 98.9 cm³/mol. The highest BCUT2D eigenvalue weighted by Crippen LogP contribution is 2.28. The number of benzene rings is 2. The molecule has 0 radical (unpaired) electrons. The second-order valence-corrected chi connectivity index (χ2v) is 7.15. The molecule has 0 spiro atoms. The summed E-state index contributed by atoms with van der Waals surface area (Å²) in [5.74, 6) is -0.0943. The van der Waals surface area contributed by atoms with Crippen molar-refractivity contribution in [2.45, 2.75) is 38.0 Å². The van der Waals surface area contributed by atoms with Crippen molar-refractivity contribution < 1.29 is 19.0 Å². The third kappa shape index (κ3) is 3.90. The van der Waals surface area contributed by atoms with Crippen LogP contribution in [0, 0.1) is 5.82 Å². The van der Waals surface area contributed by atoms with Crippen LogP contribution in [-0.2, 0) is 17.7 Å². The van der Waals surface area contributed by atoms with Gasteiger partial charge in [-0.05, 0) is 60.2 Å². The summed E-state index contributed by atoms with van der Waals surface area (Å²) in [5.41, 5.74) is 2.96. The summed E-state index contributed by atoms with van der Waals surface area (Å²) in [4.78, 5) is 14.7. The van der Waals surface area contributed by atoms with E-state index in [0.717, 1.165) is 36.0 Å². The van der Waals surface area contributed by atoms with Gasteiger partial charge >= 0.3 is 6.03 Å². The fourth-order valence-corrected chi connectivity index (χ4v) is 3.87. The van der Waals surface area contributed by atoms with E-state index in [-0.39, 0.29) is 29.7 Å². The van der Waals surface area contributed by atoms with E-state index in [1.807, 2.05) is 6.07 Å². The van der Waals surface area contributed by atoms with Crippen molar-refractivity contribution in [2.75, 3.05) is 13.2 Å². The molecule has 1 saturated heterocycles. The van der Waals surface area contributed by atoms with Crippen LogP contribution >= 0.6 is 0 Å². The molecule has 2 N–H and O–H groups in total. The number of carbonyl (C=O) groups is 1. The minimum Gasteiger partial charge on any atom is -0.508 e. The highest BCUT2D eigenvalue weighted by Gasteiger charge is 2.31. The number of phenols is 1. The van der Waals surface area contributed by atoms with E-state index in [2.05, 4.69) is 5.32 Å². The smallest absolute Gasteiger partial charge is 0.318 e. The average molecular weight is 370 g/mol. The zero-order chi connectivity index (χ0) is 18.8. The molecule has 0 bridgehead atoms. The Morgan fingerprint density at radius 1 is 1.22 bits per heavy atom. The van der Waals surface area contributed by atoms with Gasteiger partial charge in [0.05, 0.1) is 12.1 Å². The first-order valence-electron chi connectivity index (χ1n) is 9.33. The number of hydrogen-bond acceptors (Lipinski definition) is 3. The van der Waals surface area contributed by atoms with Crippen molar-refractivity contribution in [3.8, 4) is 5.75 Å². The van der Waals surface area contributed by atoms with Crippen molar-refractivity contribution >= 4 is 6.03 Å². The summed E-state index contributed by atoms with van der Waals surface area (Å²) in [6.45, 7) is 1.75. The van der Waals surface area contributed by atoms with Crippen molar-refractivity contribution in [2.24, 2.45) is 0 Å². The zero-order valence-electron chi connectivity index (χ0n) is 15.0. The Bertz CT molecular complexity index is 819. The molecule has 4 rings (SSSR count). The van der Waals surface area contributed by atoms with Gasteiger partial charge in [-0.15, -0.1) is 0 Å². The SMILES string of the molecule is O=C(N[C@H](c1ccc(F)cc1)[C@@H]1CCCO1)N1CCc2ccc(O)cc2C1. The average Bonchev–Trinajstić information content (AvgIpc) is 3.20. The molecule has 0 aromatic heterocycles. The highest BCUT2D eigenvalue weighted by atomic mass is 19.1. The number of halogens is 1. The maximum atomic E-state index is 13.3. The maximum Gasteiger partial charge on any atom is 0.318 e. The lowest BCUT2D eigenvalue weighted by Gasteiger charge is -2.32. The Morgan fingerprint density at radius 3 is 2.78 bits per heavy atom. The van der Waals surface area contributed by atoms with Gasteiger partial charge in [0.25, 0.3) is 0 Å². The van der Waals surface area contributed by atoms with Crippen LogP contribution in [0.3, 0.4) is 0 Å². The molecule has 6 heteroatoms. The Balaban J connectivity index is 1.51. The van der Waals surface area contributed by atoms with Gasteiger partial charge in [0.2, 0.25) is 0 Å². The Morgan fingerprint density at radius 2 is 2.04 bits per heavy atom. The first kappa shape index (κ1) is 17.8. The number of nitrogens with zero attached hydrogens (tertiary/aromatic N) is 1. The molecule has 2 aliphatic rings. The summed E-state index contributed by atoms with van der Waals surface area (Å²) < 4.78 is 19.1. The Hall–Kier alpha value is -2.60. The van der Waals surface area contributed by atoms with Crippen LogP contribution in [0.5, 0.6) is 5.75 Å². The number of amides is 2. The molecule has 2 aliphatic heterocycles. The number of hydrogen-bond donors (Lipinski definition) is 2. The van der Waals surface area contributed by atoms with Crippen LogP contribution in [0.15, 0.2) is 42.5 Å². The van der Waals surface area contributed by atoms with Gasteiger partial charge in [-0.25, -0.2) is 9.18 Å². The molecule has 2 amide bonds. The second-order valence-electron chi connectivity index (χ2n) is 7.15. The van der Waals surface area contributed by atoms with Gasteiger partial charge in [-0.3, -0.25) is 0 Å². The van der Waals surface area contributed by atoms with Gasteiger partial charge in [-0.2, -0.15) is 0 Å². The maximum absolute atomic E-state index is 13.3. The van der Waals surface area contributed by atoms with Gasteiger partial charge in [-0.1, -0.05) is 18.2 Å². The van der Waals surface area contributed by atoms with Crippen molar-refractivity contribution in [1.82, 2.24) is 10.2 Å². The molecule has 0 aliphatic carbocycles. The minimum atomic E-state index is -0.314. The number of aromatic hydroxyl groups is 1. The third-order valence-electron chi connectivity index (χ3n) is 5.33. The van der Waals surface area contributed by atoms with Crippen LogP contribution in [0.4, 0.5) is 9.18 Å². The molecule has 1 fully saturated rings. The molecule has 0 unspecified atom stereocenters. The monoisotopic (exact) mass is 370 g/mol. The molecule has 0 saturated carbocycles. The number of carbonyl (C=O) groups excluding carboxylic acids is 1. The molecule has 2 aromatic carbocycles. The lowest BCUT2D eigenvalue weighted by Crippen LogP contribution is -2.46. The fraction of sp³-hybridized carbons (Fsp3) is 0.381. The minimum absolute atomic E-state index is 0.111. The standard InChI is InChI=1S/C21H23FN2O3/c22-17-6-3-15(4-7-17)20(19-2-1-11-27-19)23-21(26)24-10-9-14-5-8-18(25)12-16(14)13-24/h3-8,12,19-20,25H,1-2,9-11,13H2,(H,23,26)/t19-,20+/m0/s1. The fourth-order valence-electron chi connectivity index (χ4n) is 3.87.